The molecular weight excluding hydrogens is 266 g/mol. The summed E-state index contributed by atoms with van der Waals surface area (Å²) in [7, 11) is 0. The van der Waals surface area contributed by atoms with Gasteiger partial charge in [0.2, 0.25) is 0 Å². The molecular formula is C14H17N7. The van der Waals surface area contributed by atoms with Crippen LogP contribution in [0, 0.1) is 5.92 Å². The van der Waals surface area contributed by atoms with Gasteiger partial charge in [0.15, 0.2) is 5.82 Å². The van der Waals surface area contributed by atoms with E-state index in [1.165, 1.54) is 0 Å². The van der Waals surface area contributed by atoms with E-state index >= 15 is 0 Å². The van der Waals surface area contributed by atoms with Crippen LogP contribution in [0.1, 0.15) is 32.1 Å². The van der Waals surface area contributed by atoms with E-state index in [2.05, 4.69) is 49.8 Å². The molecule has 0 aliphatic rings. The molecule has 1 atom stereocenters. The molecule has 2 N–H and O–H groups in total. The Balaban J connectivity index is 1.94. The maximum Gasteiger partial charge on any atom is 0.196 e. The summed E-state index contributed by atoms with van der Waals surface area (Å²) in [6.07, 6.45) is 2.45. The summed E-state index contributed by atoms with van der Waals surface area (Å²) in [5.41, 5.74) is 0.909. The summed E-state index contributed by atoms with van der Waals surface area (Å²) in [6.45, 7) is 4.32. The summed E-state index contributed by atoms with van der Waals surface area (Å²) in [5.74, 6) is 1.93. The molecule has 1 unspecified atom stereocenters. The van der Waals surface area contributed by atoms with Crippen molar-refractivity contribution in [3.63, 3.8) is 0 Å². The molecule has 0 radical (unpaired) electrons. The van der Waals surface area contributed by atoms with Crippen molar-refractivity contribution in [2.45, 2.75) is 26.3 Å². The first-order chi connectivity index (χ1) is 10.2. The normalized spacial score (nSPS) is 12.7. The molecule has 0 spiro atoms. The molecule has 0 aliphatic heterocycles. The van der Waals surface area contributed by atoms with Crippen molar-refractivity contribution >= 4 is 16.7 Å². The van der Waals surface area contributed by atoms with Gasteiger partial charge in [-0.1, -0.05) is 31.2 Å². The summed E-state index contributed by atoms with van der Waals surface area (Å²) in [6, 6.07) is 7.86. The Morgan fingerprint density at radius 2 is 2.05 bits per heavy atom. The molecule has 0 bridgehead atoms. The highest BCUT2D eigenvalue weighted by Crippen LogP contribution is 2.26. The predicted octanol–water partition coefficient (Wildman–Crippen LogP) is 2.34. The number of fused-ring (bicyclic) bond motifs is 1. The minimum Gasteiger partial charge on any atom is -0.359 e. The van der Waals surface area contributed by atoms with Crippen molar-refractivity contribution in [2.75, 3.05) is 5.32 Å². The fraction of sp³-hybridized carbons (Fsp3) is 0.357. The summed E-state index contributed by atoms with van der Waals surface area (Å²) >= 11 is 0. The van der Waals surface area contributed by atoms with Gasteiger partial charge in [0.1, 0.15) is 12.1 Å². The molecule has 0 aliphatic carbocycles. The molecule has 3 aromatic rings. The molecule has 7 nitrogen and oxygen atoms in total. The van der Waals surface area contributed by atoms with E-state index in [0.29, 0.717) is 11.7 Å². The highest BCUT2D eigenvalue weighted by atomic mass is 15.5. The highest BCUT2D eigenvalue weighted by molar-refractivity contribution is 5.88. The average Bonchev–Trinajstić information content (AvgIpc) is 3.01. The second-order valence-corrected chi connectivity index (χ2v) is 5.34. The zero-order valence-electron chi connectivity index (χ0n) is 12.0. The first kappa shape index (κ1) is 13.4. The quantitative estimate of drug-likeness (QED) is 0.746. The largest absolute Gasteiger partial charge is 0.359 e. The number of hydrogen-bond acceptors (Lipinski definition) is 6. The number of rotatable bonds is 5. The van der Waals surface area contributed by atoms with Crippen molar-refractivity contribution in [2.24, 2.45) is 5.92 Å². The Kier molecular flexibility index (Phi) is 3.72. The van der Waals surface area contributed by atoms with Gasteiger partial charge in [0, 0.05) is 5.39 Å². The third kappa shape index (κ3) is 2.96. The first-order valence-electron chi connectivity index (χ1n) is 6.93. The van der Waals surface area contributed by atoms with Crippen LogP contribution in [0.3, 0.4) is 0 Å². The second-order valence-electron chi connectivity index (χ2n) is 5.34. The van der Waals surface area contributed by atoms with Crippen LogP contribution in [0.15, 0.2) is 30.6 Å². The van der Waals surface area contributed by atoms with Gasteiger partial charge < -0.3 is 5.32 Å². The fourth-order valence-corrected chi connectivity index (χ4v) is 2.30. The molecule has 7 heteroatoms. The third-order valence-corrected chi connectivity index (χ3v) is 3.23. The van der Waals surface area contributed by atoms with E-state index in [4.69, 9.17) is 0 Å². The van der Waals surface area contributed by atoms with Gasteiger partial charge in [-0.25, -0.2) is 9.97 Å². The van der Waals surface area contributed by atoms with E-state index < -0.39 is 0 Å². The van der Waals surface area contributed by atoms with Crippen LogP contribution in [-0.2, 0) is 0 Å². The predicted molar refractivity (Wildman–Crippen MR) is 79.5 cm³/mol. The topological polar surface area (TPSA) is 92.3 Å². The molecule has 108 valence electrons. The molecule has 3 rings (SSSR count). The van der Waals surface area contributed by atoms with Gasteiger partial charge in [-0.05, 0) is 24.5 Å². The van der Waals surface area contributed by atoms with Crippen LogP contribution < -0.4 is 5.32 Å². The van der Waals surface area contributed by atoms with Gasteiger partial charge >= 0.3 is 0 Å². The lowest BCUT2D eigenvalue weighted by molar-refractivity contribution is 0.514. The number of tetrazole rings is 1. The number of benzene rings is 1. The van der Waals surface area contributed by atoms with Crippen LogP contribution in [0.4, 0.5) is 5.82 Å². The van der Waals surface area contributed by atoms with Crippen LogP contribution in [0.2, 0.25) is 0 Å². The van der Waals surface area contributed by atoms with Gasteiger partial charge in [0.05, 0.1) is 11.6 Å². The summed E-state index contributed by atoms with van der Waals surface area (Å²) < 4.78 is 0. The number of anilines is 1. The Morgan fingerprint density at radius 1 is 1.19 bits per heavy atom. The smallest absolute Gasteiger partial charge is 0.196 e. The number of H-pyrrole nitrogens is 1. The van der Waals surface area contributed by atoms with E-state index in [9.17, 15) is 0 Å². The Labute approximate surface area is 122 Å². The van der Waals surface area contributed by atoms with Crippen molar-refractivity contribution in [1.82, 2.24) is 30.6 Å². The highest BCUT2D eigenvalue weighted by Gasteiger charge is 2.19. The van der Waals surface area contributed by atoms with Gasteiger partial charge in [-0.2, -0.15) is 5.21 Å². The summed E-state index contributed by atoms with van der Waals surface area (Å²) in [4.78, 5) is 8.63. The maximum atomic E-state index is 4.36. The number of nitrogens with one attached hydrogen (secondary N) is 2. The molecule has 0 fully saturated rings. The van der Waals surface area contributed by atoms with E-state index in [1.54, 1.807) is 6.33 Å². The van der Waals surface area contributed by atoms with Gasteiger partial charge in [0.25, 0.3) is 0 Å². The van der Waals surface area contributed by atoms with E-state index in [-0.39, 0.29) is 6.04 Å². The lowest BCUT2D eigenvalue weighted by Crippen LogP contribution is -2.16. The zero-order chi connectivity index (χ0) is 14.7. The van der Waals surface area contributed by atoms with Crippen LogP contribution in [-0.4, -0.2) is 30.6 Å². The molecule has 0 saturated heterocycles. The Bertz CT molecular complexity index is 703. The molecule has 1 aromatic carbocycles. The third-order valence-electron chi connectivity index (χ3n) is 3.23. The van der Waals surface area contributed by atoms with Crippen LogP contribution in [0.25, 0.3) is 10.9 Å². The van der Waals surface area contributed by atoms with E-state index in [1.807, 2.05) is 24.3 Å². The molecule has 0 amide bonds. The van der Waals surface area contributed by atoms with Crippen molar-refractivity contribution in [1.29, 1.82) is 0 Å². The maximum absolute atomic E-state index is 4.36. The Hall–Kier alpha value is -2.57. The van der Waals surface area contributed by atoms with Crippen molar-refractivity contribution in [3.05, 3.63) is 36.4 Å². The number of aromatic nitrogens is 6. The SMILES string of the molecule is CC(C)CC(Nc1ncnc2ccccc12)c1nn[nH]n1. The monoisotopic (exact) mass is 283 g/mol. The molecule has 0 saturated carbocycles. The lowest BCUT2D eigenvalue weighted by atomic mass is 10.0. The second kappa shape index (κ2) is 5.82. The summed E-state index contributed by atoms with van der Waals surface area (Å²) in [5, 5.41) is 18.7. The van der Waals surface area contributed by atoms with Gasteiger partial charge in [-0.3, -0.25) is 0 Å². The zero-order valence-corrected chi connectivity index (χ0v) is 12.0. The molecule has 21 heavy (non-hydrogen) atoms. The molecule has 2 heterocycles. The van der Waals surface area contributed by atoms with E-state index in [0.717, 1.165) is 23.1 Å². The standard InChI is InChI=1S/C14H17N7/c1-9(2)7-12(14-18-20-21-19-14)17-13-10-5-3-4-6-11(10)15-8-16-13/h3-6,8-9,12H,7H2,1-2H3,(H,15,16,17)(H,18,19,20,21). The minimum atomic E-state index is -0.0398. The minimum absolute atomic E-state index is 0.0398. The van der Waals surface area contributed by atoms with Crippen molar-refractivity contribution in [3.8, 4) is 0 Å². The Morgan fingerprint density at radius 3 is 2.81 bits per heavy atom. The number of hydrogen-bond donors (Lipinski definition) is 2. The van der Waals surface area contributed by atoms with Crippen molar-refractivity contribution < 1.29 is 0 Å². The number of para-hydroxylation sites is 1. The number of aromatic amines is 1. The van der Waals surface area contributed by atoms with Crippen LogP contribution >= 0.6 is 0 Å². The lowest BCUT2D eigenvalue weighted by Gasteiger charge is -2.18. The fourth-order valence-electron chi connectivity index (χ4n) is 2.30. The molecule has 2 aromatic heterocycles. The number of nitrogens with zero attached hydrogens (tertiary/aromatic N) is 5. The average molecular weight is 283 g/mol. The van der Waals surface area contributed by atoms with Crippen LogP contribution in [0.5, 0.6) is 0 Å². The first-order valence-corrected chi connectivity index (χ1v) is 6.93. The van der Waals surface area contributed by atoms with Gasteiger partial charge in [-0.15, -0.1) is 10.2 Å².